The van der Waals surface area contributed by atoms with Crippen LogP contribution < -0.4 is 0 Å². The second-order valence-corrected chi connectivity index (χ2v) is 8.67. The van der Waals surface area contributed by atoms with Gasteiger partial charge in [-0.1, -0.05) is 59.6 Å². The van der Waals surface area contributed by atoms with Crippen molar-refractivity contribution < 1.29 is 8.42 Å². The van der Waals surface area contributed by atoms with Crippen molar-refractivity contribution in [1.29, 1.82) is 0 Å². The zero-order valence-electron chi connectivity index (χ0n) is 14.5. The van der Waals surface area contributed by atoms with Crippen molar-refractivity contribution in [3.8, 4) is 0 Å². The molecular weight excluding hydrogens is 415 g/mol. The minimum Gasteiger partial charge on any atom is -0.228 e. The van der Waals surface area contributed by atoms with Gasteiger partial charge >= 0.3 is 0 Å². The van der Waals surface area contributed by atoms with Gasteiger partial charge in [0.2, 0.25) is 0 Å². The fourth-order valence-electron chi connectivity index (χ4n) is 2.89. The van der Waals surface area contributed by atoms with Gasteiger partial charge in [0.05, 0.1) is 15.9 Å². The molecule has 3 aromatic carbocycles. The smallest absolute Gasteiger partial charge is 0.228 e. The van der Waals surface area contributed by atoms with E-state index in [1.54, 1.807) is 48.6 Å². The Morgan fingerprint density at radius 1 is 0.857 bits per heavy atom. The van der Waals surface area contributed by atoms with Crippen LogP contribution in [0.15, 0.2) is 77.7 Å². The summed E-state index contributed by atoms with van der Waals surface area (Å²) < 4.78 is 28.0. The van der Waals surface area contributed by atoms with Gasteiger partial charge in [-0.25, -0.2) is 17.4 Å². The highest BCUT2D eigenvalue weighted by Crippen LogP contribution is 2.26. The van der Waals surface area contributed by atoms with Crippen LogP contribution >= 0.6 is 23.2 Å². The molecule has 1 aromatic heterocycles. The van der Waals surface area contributed by atoms with Gasteiger partial charge in [0.1, 0.15) is 5.82 Å². The van der Waals surface area contributed by atoms with E-state index in [0.717, 1.165) is 5.56 Å². The van der Waals surface area contributed by atoms with Crippen LogP contribution in [0.1, 0.15) is 11.4 Å². The first-order chi connectivity index (χ1) is 13.5. The number of aromatic nitrogens is 2. The summed E-state index contributed by atoms with van der Waals surface area (Å²) in [6.45, 7) is 0. The predicted octanol–water partition coefficient (Wildman–Crippen LogP) is 5.75. The molecular formula is C21H14Cl2N2O2S. The van der Waals surface area contributed by atoms with E-state index in [1.165, 1.54) is 16.1 Å². The van der Waals surface area contributed by atoms with E-state index in [0.29, 0.717) is 21.1 Å². The van der Waals surface area contributed by atoms with E-state index < -0.39 is 10.0 Å². The average molecular weight is 429 g/mol. The summed E-state index contributed by atoms with van der Waals surface area (Å²) in [6, 6.07) is 20.6. The van der Waals surface area contributed by atoms with E-state index in [1.807, 2.05) is 24.3 Å². The number of para-hydroxylation sites is 2. The first-order valence-corrected chi connectivity index (χ1v) is 10.6. The number of nitrogens with zero attached hydrogens (tertiary/aromatic N) is 2. The molecule has 7 heteroatoms. The molecule has 0 N–H and O–H groups in total. The lowest BCUT2D eigenvalue weighted by molar-refractivity contribution is 0.588. The average Bonchev–Trinajstić information content (AvgIpc) is 3.06. The molecule has 0 saturated carbocycles. The lowest BCUT2D eigenvalue weighted by Crippen LogP contribution is -2.14. The van der Waals surface area contributed by atoms with Gasteiger partial charge in [-0.15, -0.1) is 0 Å². The van der Waals surface area contributed by atoms with Gasteiger partial charge < -0.3 is 0 Å². The van der Waals surface area contributed by atoms with Crippen LogP contribution in [0.25, 0.3) is 23.2 Å². The molecule has 0 aliphatic rings. The summed E-state index contributed by atoms with van der Waals surface area (Å²) in [7, 11) is -3.90. The van der Waals surface area contributed by atoms with E-state index in [4.69, 9.17) is 23.2 Å². The Bertz CT molecular complexity index is 1310. The lowest BCUT2D eigenvalue weighted by Gasteiger charge is -2.09. The van der Waals surface area contributed by atoms with Gasteiger partial charge in [0.15, 0.2) is 0 Å². The van der Waals surface area contributed by atoms with Crippen molar-refractivity contribution in [3.05, 3.63) is 94.2 Å². The number of fused-ring (bicyclic) bond motifs is 1. The van der Waals surface area contributed by atoms with Crippen molar-refractivity contribution in [2.24, 2.45) is 0 Å². The highest BCUT2D eigenvalue weighted by Gasteiger charge is 2.23. The molecule has 0 saturated heterocycles. The molecule has 1 heterocycles. The topological polar surface area (TPSA) is 52.0 Å². The predicted molar refractivity (Wildman–Crippen MR) is 114 cm³/mol. The summed E-state index contributed by atoms with van der Waals surface area (Å²) in [5, 5.41) is 0.915. The summed E-state index contributed by atoms with van der Waals surface area (Å²) in [6.07, 6.45) is 3.39. The molecule has 4 rings (SSSR count). The molecule has 4 aromatic rings. The number of imidazole rings is 1. The van der Waals surface area contributed by atoms with Gasteiger partial charge in [-0.05, 0) is 54.1 Å². The monoisotopic (exact) mass is 428 g/mol. The van der Waals surface area contributed by atoms with E-state index in [2.05, 4.69) is 4.98 Å². The van der Waals surface area contributed by atoms with Crippen LogP contribution in [0.2, 0.25) is 10.0 Å². The maximum atomic E-state index is 13.4. The molecule has 0 aliphatic carbocycles. The minimum atomic E-state index is -3.90. The van der Waals surface area contributed by atoms with Crippen molar-refractivity contribution in [2.45, 2.75) is 4.90 Å². The summed E-state index contributed by atoms with van der Waals surface area (Å²) in [4.78, 5) is 4.59. The third kappa shape index (κ3) is 3.44. The van der Waals surface area contributed by atoms with Gasteiger partial charge in [0, 0.05) is 10.0 Å². The molecule has 0 spiro atoms. The second-order valence-electron chi connectivity index (χ2n) is 6.04. The van der Waals surface area contributed by atoms with Crippen molar-refractivity contribution in [2.75, 3.05) is 0 Å². The van der Waals surface area contributed by atoms with Crippen LogP contribution in [0.3, 0.4) is 0 Å². The summed E-state index contributed by atoms with van der Waals surface area (Å²) >= 11 is 12.2. The van der Waals surface area contributed by atoms with Crippen LogP contribution in [-0.4, -0.2) is 17.4 Å². The molecule has 0 radical (unpaired) electrons. The number of hydrogen-bond acceptors (Lipinski definition) is 3. The third-order valence-corrected chi connectivity index (χ3v) is 6.49. The summed E-state index contributed by atoms with van der Waals surface area (Å²) in [5.41, 5.74) is 1.83. The number of hydrogen-bond donors (Lipinski definition) is 0. The Balaban J connectivity index is 1.93. The molecule has 4 nitrogen and oxygen atoms in total. The second kappa shape index (κ2) is 7.43. The third-order valence-electron chi connectivity index (χ3n) is 4.20. The zero-order valence-corrected chi connectivity index (χ0v) is 16.8. The molecule has 0 aliphatic heterocycles. The number of halogens is 2. The fraction of sp³-hybridized carbons (Fsp3) is 0. The van der Waals surface area contributed by atoms with E-state index in [-0.39, 0.29) is 10.7 Å². The fourth-order valence-corrected chi connectivity index (χ4v) is 4.84. The van der Waals surface area contributed by atoms with Crippen LogP contribution in [-0.2, 0) is 10.0 Å². The van der Waals surface area contributed by atoms with Crippen LogP contribution in [0.5, 0.6) is 0 Å². The zero-order chi connectivity index (χ0) is 19.7. The Morgan fingerprint density at radius 3 is 2.39 bits per heavy atom. The van der Waals surface area contributed by atoms with E-state index in [9.17, 15) is 8.42 Å². The molecule has 28 heavy (non-hydrogen) atoms. The highest BCUT2D eigenvalue weighted by atomic mass is 35.5. The summed E-state index contributed by atoms with van der Waals surface area (Å²) in [5.74, 6) is 0.279. The molecule has 0 unspecified atom stereocenters. The molecule has 0 atom stereocenters. The van der Waals surface area contributed by atoms with E-state index >= 15 is 0 Å². The number of benzene rings is 3. The quantitative estimate of drug-likeness (QED) is 0.415. The molecule has 0 amide bonds. The first-order valence-electron chi connectivity index (χ1n) is 8.38. The standard InChI is InChI=1S/C21H14Cl2N2O2S/c22-16-7-5-8-17(14-16)28(26,27)25-20-11-4-3-10-19(20)24-21(25)13-12-15-6-1-2-9-18(15)23/h1-14H/b13-12+. The molecule has 140 valence electrons. The SMILES string of the molecule is O=S(=O)(c1cccc(Cl)c1)n1c(/C=C/c2ccccc2Cl)nc2ccccc21. The maximum absolute atomic E-state index is 13.4. The largest absolute Gasteiger partial charge is 0.270 e. The van der Waals surface area contributed by atoms with Crippen molar-refractivity contribution >= 4 is 56.4 Å². The molecule has 0 fully saturated rings. The minimum absolute atomic E-state index is 0.0931. The van der Waals surface area contributed by atoms with Crippen molar-refractivity contribution in [1.82, 2.24) is 8.96 Å². The van der Waals surface area contributed by atoms with Gasteiger partial charge in [-0.2, -0.15) is 0 Å². The van der Waals surface area contributed by atoms with Gasteiger partial charge in [0.25, 0.3) is 10.0 Å². The maximum Gasteiger partial charge on any atom is 0.270 e. The number of rotatable bonds is 4. The normalized spacial score (nSPS) is 12.1. The Labute approximate surface area is 172 Å². The molecule has 0 bridgehead atoms. The highest BCUT2D eigenvalue weighted by molar-refractivity contribution is 7.90. The van der Waals surface area contributed by atoms with Crippen LogP contribution in [0, 0.1) is 0 Å². The van der Waals surface area contributed by atoms with Gasteiger partial charge in [-0.3, -0.25) is 0 Å². The Hall–Kier alpha value is -2.60. The first kappa shape index (κ1) is 18.7. The lowest BCUT2D eigenvalue weighted by atomic mass is 10.2. The Morgan fingerprint density at radius 2 is 1.61 bits per heavy atom. The van der Waals surface area contributed by atoms with Crippen molar-refractivity contribution in [3.63, 3.8) is 0 Å². The van der Waals surface area contributed by atoms with Crippen LogP contribution in [0.4, 0.5) is 0 Å². The Kier molecular flexibility index (Phi) is 4.98.